The second-order valence-corrected chi connectivity index (χ2v) is 9.53. The highest BCUT2D eigenvalue weighted by Crippen LogP contribution is 2.55. The van der Waals surface area contributed by atoms with E-state index in [4.69, 9.17) is 17.3 Å². The van der Waals surface area contributed by atoms with Gasteiger partial charge < -0.3 is 11.1 Å². The predicted molar refractivity (Wildman–Crippen MR) is 113 cm³/mol. The molecule has 2 saturated heterocycles. The first-order chi connectivity index (χ1) is 14.8. The van der Waals surface area contributed by atoms with Gasteiger partial charge in [0, 0.05) is 29.1 Å². The average molecular weight is 445 g/mol. The maximum Gasteiger partial charge on any atom is 0.250 e. The summed E-state index contributed by atoms with van der Waals surface area (Å²) in [6.07, 6.45) is 4.43. The van der Waals surface area contributed by atoms with Crippen molar-refractivity contribution < 1.29 is 19.2 Å². The lowest BCUT2D eigenvalue weighted by atomic mass is 9.76. The molecule has 1 aromatic rings. The fourth-order valence-electron chi connectivity index (χ4n) is 6.10. The standard InChI is InChI=1S/C22H25ClN4O4/c1-10-13(23)8-7-12-18(10)25-21(31)22(12)17-16(14(26-22)9-15(24)28)19(29)27(20(17)30)11-5-3-2-4-6-11/h7-8,11,14,16-17,26H,2-6,9H2,1H3,(H2,24,28)(H,25,31)/t14-,16+,17-,22+/m0/s1. The Morgan fingerprint density at radius 3 is 2.58 bits per heavy atom. The number of rotatable bonds is 3. The van der Waals surface area contributed by atoms with Gasteiger partial charge in [-0.05, 0) is 31.4 Å². The van der Waals surface area contributed by atoms with Crippen LogP contribution in [0.3, 0.4) is 0 Å². The number of carbonyl (C=O) groups excluding carboxylic acids is 4. The van der Waals surface area contributed by atoms with E-state index >= 15 is 0 Å². The Balaban J connectivity index is 1.65. The van der Waals surface area contributed by atoms with Crippen molar-refractivity contribution in [3.63, 3.8) is 0 Å². The van der Waals surface area contributed by atoms with Crippen LogP contribution in [0.15, 0.2) is 12.1 Å². The molecule has 4 amide bonds. The largest absolute Gasteiger partial charge is 0.370 e. The van der Waals surface area contributed by atoms with Gasteiger partial charge in [-0.1, -0.05) is 36.9 Å². The summed E-state index contributed by atoms with van der Waals surface area (Å²) >= 11 is 6.26. The Hall–Kier alpha value is -2.45. The zero-order valence-electron chi connectivity index (χ0n) is 17.2. The van der Waals surface area contributed by atoms with Crippen LogP contribution in [0.2, 0.25) is 5.02 Å². The molecule has 3 fully saturated rings. The molecule has 1 aromatic carbocycles. The van der Waals surface area contributed by atoms with E-state index in [1.54, 1.807) is 19.1 Å². The van der Waals surface area contributed by atoms with Crippen LogP contribution < -0.4 is 16.4 Å². The first kappa shape index (κ1) is 20.5. The topological polar surface area (TPSA) is 122 Å². The fourth-order valence-corrected chi connectivity index (χ4v) is 6.26. The summed E-state index contributed by atoms with van der Waals surface area (Å²) in [5.41, 5.74) is 5.88. The molecule has 0 bridgehead atoms. The van der Waals surface area contributed by atoms with Crippen molar-refractivity contribution in [2.24, 2.45) is 17.6 Å². The molecule has 3 aliphatic heterocycles. The summed E-state index contributed by atoms with van der Waals surface area (Å²) in [7, 11) is 0. The summed E-state index contributed by atoms with van der Waals surface area (Å²) < 4.78 is 0. The van der Waals surface area contributed by atoms with Gasteiger partial charge in [0.05, 0.1) is 17.5 Å². The number of likely N-dealkylation sites (tertiary alicyclic amines) is 1. The number of hydrogen-bond donors (Lipinski definition) is 3. The Morgan fingerprint density at radius 2 is 1.90 bits per heavy atom. The summed E-state index contributed by atoms with van der Waals surface area (Å²) in [6, 6.07) is 2.57. The molecule has 8 nitrogen and oxygen atoms in total. The molecule has 31 heavy (non-hydrogen) atoms. The van der Waals surface area contributed by atoms with Crippen LogP contribution in [0.25, 0.3) is 0 Å². The van der Waals surface area contributed by atoms with Crippen LogP contribution in [-0.2, 0) is 24.7 Å². The number of amides is 4. The Bertz CT molecular complexity index is 1020. The molecule has 1 saturated carbocycles. The Morgan fingerprint density at radius 1 is 1.19 bits per heavy atom. The lowest BCUT2D eigenvalue weighted by Crippen LogP contribution is -2.54. The van der Waals surface area contributed by atoms with E-state index in [1.807, 2.05) is 0 Å². The van der Waals surface area contributed by atoms with Crippen LogP contribution in [0.5, 0.6) is 0 Å². The molecule has 5 rings (SSSR count). The van der Waals surface area contributed by atoms with Crippen LogP contribution in [0.4, 0.5) is 5.69 Å². The molecule has 0 aromatic heterocycles. The quantitative estimate of drug-likeness (QED) is 0.611. The summed E-state index contributed by atoms with van der Waals surface area (Å²) in [5, 5.41) is 6.58. The third-order valence-corrected chi connectivity index (χ3v) is 7.89. The number of nitrogens with one attached hydrogen (secondary N) is 2. The van der Waals surface area contributed by atoms with Crippen LogP contribution in [-0.4, -0.2) is 40.6 Å². The van der Waals surface area contributed by atoms with Crippen molar-refractivity contribution in [3.8, 4) is 0 Å². The SMILES string of the molecule is Cc1c(Cl)ccc2c1NC(=O)[C@@]21N[C@@H](CC(N)=O)[C@H]2C(=O)N(C3CCCCC3)C(=O)[C@H]21. The van der Waals surface area contributed by atoms with Gasteiger partial charge in [0.15, 0.2) is 0 Å². The van der Waals surface area contributed by atoms with Gasteiger partial charge in [0.2, 0.25) is 23.6 Å². The summed E-state index contributed by atoms with van der Waals surface area (Å²) in [5.74, 6) is -3.36. The molecule has 0 radical (unpaired) electrons. The van der Waals surface area contributed by atoms with Crippen molar-refractivity contribution in [2.45, 2.75) is 63.1 Å². The number of imide groups is 1. The second-order valence-electron chi connectivity index (χ2n) is 9.12. The maximum atomic E-state index is 13.7. The number of carbonyl (C=O) groups is 4. The van der Waals surface area contributed by atoms with Gasteiger partial charge in [0.25, 0.3) is 0 Å². The minimum absolute atomic E-state index is 0.129. The van der Waals surface area contributed by atoms with Crippen molar-refractivity contribution in [3.05, 3.63) is 28.3 Å². The third kappa shape index (κ3) is 2.70. The van der Waals surface area contributed by atoms with Crippen LogP contribution in [0.1, 0.15) is 49.7 Å². The Kier molecular flexibility index (Phi) is 4.64. The monoisotopic (exact) mass is 444 g/mol. The molecule has 3 heterocycles. The highest BCUT2D eigenvalue weighted by Gasteiger charge is 2.71. The highest BCUT2D eigenvalue weighted by molar-refractivity contribution is 6.32. The number of benzene rings is 1. The molecule has 1 aliphatic carbocycles. The first-order valence-corrected chi connectivity index (χ1v) is 11.2. The van der Waals surface area contributed by atoms with E-state index in [2.05, 4.69) is 10.6 Å². The van der Waals surface area contributed by atoms with Crippen molar-refractivity contribution in [1.82, 2.24) is 10.2 Å². The van der Waals surface area contributed by atoms with E-state index in [-0.39, 0.29) is 24.3 Å². The number of hydrogen-bond acceptors (Lipinski definition) is 5. The summed E-state index contributed by atoms with van der Waals surface area (Å²) in [6.45, 7) is 1.80. The van der Waals surface area contributed by atoms with E-state index in [9.17, 15) is 19.2 Å². The van der Waals surface area contributed by atoms with Crippen molar-refractivity contribution in [1.29, 1.82) is 0 Å². The Labute approximate surface area is 184 Å². The van der Waals surface area contributed by atoms with Crippen molar-refractivity contribution in [2.75, 3.05) is 5.32 Å². The van der Waals surface area contributed by atoms with Crippen LogP contribution in [0, 0.1) is 18.8 Å². The minimum Gasteiger partial charge on any atom is -0.370 e. The predicted octanol–water partition coefficient (Wildman–Crippen LogP) is 1.58. The van der Waals surface area contributed by atoms with E-state index in [0.29, 0.717) is 21.8 Å². The normalized spacial score (nSPS) is 32.5. The number of anilines is 1. The smallest absolute Gasteiger partial charge is 0.250 e. The van der Waals surface area contributed by atoms with Crippen molar-refractivity contribution >= 4 is 40.9 Å². The number of primary amides is 1. The molecule has 4 atom stereocenters. The molecule has 1 spiro atoms. The lowest BCUT2D eigenvalue weighted by molar-refractivity contribution is -0.146. The lowest BCUT2D eigenvalue weighted by Gasteiger charge is -2.33. The second kappa shape index (κ2) is 7.03. The molecule has 4 aliphatic rings. The highest BCUT2D eigenvalue weighted by atomic mass is 35.5. The van der Waals surface area contributed by atoms with Crippen LogP contribution >= 0.6 is 11.6 Å². The van der Waals surface area contributed by atoms with Gasteiger partial charge in [0.1, 0.15) is 5.54 Å². The molecule has 9 heteroatoms. The zero-order valence-corrected chi connectivity index (χ0v) is 18.0. The molecular weight excluding hydrogens is 420 g/mol. The first-order valence-electron chi connectivity index (χ1n) is 10.8. The van der Waals surface area contributed by atoms with Gasteiger partial charge in [-0.15, -0.1) is 0 Å². The number of nitrogens with two attached hydrogens (primary N) is 1. The van der Waals surface area contributed by atoms with E-state index in [0.717, 1.165) is 32.1 Å². The summed E-state index contributed by atoms with van der Waals surface area (Å²) in [4.78, 5) is 53.9. The molecule has 0 unspecified atom stereocenters. The van der Waals surface area contributed by atoms with Gasteiger partial charge in [-0.25, -0.2) is 0 Å². The zero-order chi connectivity index (χ0) is 22.1. The van der Waals surface area contributed by atoms with E-state index < -0.39 is 35.2 Å². The number of nitrogens with zero attached hydrogens (tertiary/aromatic N) is 1. The number of fused-ring (bicyclic) bond motifs is 4. The molecule has 164 valence electrons. The average Bonchev–Trinajstić information content (AvgIpc) is 3.30. The molecule has 4 N–H and O–H groups in total. The fraction of sp³-hybridized carbons (Fsp3) is 0.545. The van der Waals surface area contributed by atoms with Gasteiger partial charge in [-0.2, -0.15) is 0 Å². The maximum absolute atomic E-state index is 13.7. The molecular formula is C22H25ClN4O4. The number of halogens is 1. The van der Waals surface area contributed by atoms with Gasteiger partial charge >= 0.3 is 0 Å². The van der Waals surface area contributed by atoms with E-state index in [1.165, 1.54) is 4.90 Å². The third-order valence-electron chi connectivity index (χ3n) is 7.48. The minimum atomic E-state index is -1.42. The van der Waals surface area contributed by atoms with Gasteiger partial charge in [-0.3, -0.25) is 29.4 Å².